The molecule has 30 heavy (non-hydrogen) atoms. The second-order valence-electron chi connectivity index (χ2n) is 7.94. The van der Waals surface area contributed by atoms with E-state index in [9.17, 15) is 14.0 Å². The lowest BCUT2D eigenvalue weighted by atomic mass is 9.99. The molecule has 2 aromatic rings. The number of hydrogen-bond donors (Lipinski definition) is 2. The minimum absolute atomic E-state index is 0.00313. The summed E-state index contributed by atoms with van der Waals surface area (Å²) in [7, 11) is 0. The molecule has 3 heterocycles. The zero-order valence-corrected chi connectivity index (χ0v) is 16.9. The molecule has 0 spiro atoms. The lowest BCUT2D eigenvalue weighted by Gasteiger charge is -2.24. The first-order valence-corrected chi connectivity index (χ1v) is 10.3. The van der Waals surface area contributed by atoms with Crippen LogP contribution in [0.2, 0.25) is 0 Å². The predicted molar refractivity (Wildman–Crippen MR) is 106 cm³/mol. The average Bonchev–Trinajstić information content (AvgIpc) is 3.36. The number of carbonyl (C=O) groups is 2. The van der Waals surface area contributed by atoms with Gasteiger partial charge >= 0.3 is 0 Å². The van der Waals surface area contributed by atoms with E-state index >= 15 is 0 Å². The van der Waals surface area contributed by atoms with Crippen molar-refractivity contribution in [1.82, 2.24) is 25.4 Å². The standard InChI is InChI=1S/C21H26FN5O3/c1-13-23-20(26-25-13)18-11-16(24-21(29)14-6-8-30-9-7-14)12-27(18)19(28)10-15-4-2-3-5-17(15)22/h2-5,14,16,18H,6-12H2,1H3,(H,24,29)(H,23,25,26). The number of nitrogens with zero attached hydrogens (tertiary/aromatic N) is 3. The number of ether oxygens (including phenoxy) is 1. The molecule has 2 saturated heterocycles. The molecule has 0 saturated carbocycles. The normalized spacial score (nSPS) is 22.3. The van der Waals surface area contributed by atoms with Crippen molar-refractivity contribution in [2.75, 3.05) is 19.8 Å². The van der Waals surface area contributed by atoms with Crippen molar-refractivity contribution in [3.63, 3.8) is 0 Å². The third-order valence-electron chi connectivity index (χ3n) is 5.77. The van der Waals surface area contributed by atoms with Crippen molar-refractivity contribution < 1.29 is 18.7 Å². The fourth-order valence-corrected chi connectivity index (χ4v) is 4.16. The van der Waals surface area contributed by atoms with E-state index in [1.165, 1.54) is 6.07 Å². The van der Waals surface area contributed by atoms with Crippen LogP contribution in [0.5, 0.6) is 0 Å². The maximum absolute atomic E-state index is 14.0. The SMILES string of the molecule is Cc1nc(C2CC(NC(=O)C3CCOCC3)CN2C(=O)Cc2ccccc2F)n[nH]1. The van der Waals surface area contributed by atoms with Gasteiger partial charge in [-0.05, 0) is 37.8 Å². The van der Waals surface area contributed by atoms with Gasteiger partial charge < -0.3 is 15.0 Å². The van der Waals surface area contributed by atoms with Crippen molar-refractivity contribution in [2.45, 2.75) is 44.7 Å². The van der Waals surface area contributed by atoms with Crippen LogP contribution in [0, 0.1) is 18.7 Å². The number of aromatic amines is 1. The Hall–Kier alpha value is -2.81. The molecule has 2 amide bonds. The molecule has 0 radical (unpaired) electrons. The number of carbonyl (C=O) groups excluding carboxylic acids is 2. The van der Waals surface area contributed by atoms with Crippen LogP contribution >= 0.6 is 0 Å². The minimum atomic E-state index is -0.403. The Balaban J connectivity index is 1.48. The van der Waals surface area contributed by atoms with Gasteiger partial charge in [-0.1, -0.05) is 18.2 Å². The molecule has 0 bridgehead atoms. The Morgan fingerprint density at radius 2 is 2.07 bits per heavy atom. The van der Waals surface area contributed by atoms with Gasteiger partial charge in [0, 0.05) is 31.7 Å². The summed E-state index contributed by atoms with van der Waals surface area (Å²) < 4.78 is 19.4. The molecular weight excluding hydrogens is 389 g/mol. The number of halogens is 1. The van der Waals surface area contributed by atoms with E-state index in [2.05, 4.69) is 20.5 Å². The van der Waals surface area contributed by atoms with E-state index in [4.69, 9.17) is 4.74 Å². The van der Waals surface area contributed by atoms with E-state index in [1.54, 1.807) is 30.0 Å². The highest BCUT2D eigenvalue weighted by atomic mass is 19.1. The number of likely N-dealkylation sites (tertiary alicyclic amines) is 1. The third kappa shape index (κ3) is 4.51. The summed E-state index contributed by atoms with van der Waals surface area (Å²) in [6.07, 6.45) is 1.89. The number of H-pyrrole nitrogens is 1. The summed E-state index contributed by atoms with van der Waals surface area (Å²) in [5, 5.41) is 10.1. The van der Waals surface area contributed by atoms with Gasteiger partial charge in [0.1, 0.15) is 11.6 Å². The van der Waals surface area contributed by atoms with Crippen molar-refractivity contribution in [2.24, 2.45) is 5.92 Å². The Kier molecular flexibility index (Phi) is 6.08. The van der Waals surface area contributed by atoms with Gasteiger partial charge in [-0.2, -0.15) is 5.10 Å². The molecule has 2 aliphatic rings. The lowest BCUT2D eigenvalue weighted by Crippen LogP contribution is -2.42. The number of aryl methyl sites for hydroxylation is 1. The number of rotatable bonds is 5. The average molecular weight is 415 g/mol. The number of hydrogen-bond acceptors (Lipinski definition) is 5. The number of benzene rings is 1. The number of amides is 2. The summed E-state index contributed by atoms with van der Waals surface area (Å²) in [6.45, 7) is 3.33. The first-order valence-electron chi connectivity index (χ1n) is 10.3. The molecule has 2 aliphatic heterocycles. The second kappa shape index (κ2) is 8.91. The summed E-state index contributed by atoms with van der Waals surface area (Å²) in [5.41, 5.74) is 0.349. The van der Waals surface area contributed by atoms with Crippen molar-refractivity contribution in [3.05, 3.63) is 47.3 Å². The first kappa shape index (κ1) is 20.5. The fourth-order valence-electron chi connectivity index (χ4n) is 4.16. The molecule has 2 unspecified atom stereocenters. The molecular formula is C21H26FN5O3. The van der Waals surface area contributed by atoms with E-state index in [-0.39, 0.29) is 36.2 Å². The largest absolute Gasteiger partial charge is 0.381 e. The molecule has 1 aromatic heterocycles. The highest BCUT2D eigenvalue weighted by molar-refractivity contribution is 5.81. The van der Waals surface area contributed by atoms with E-state index < -0.39 is 5.82 Å². The molecule has 2 N–H and O–H groups in total. The van der Waals surface area contributed by atoms with Gasteiger partial charge in [-0.3, -0.25) is 14.7 Å². The second-order valence-corrected chi connectivity index (χ2v) is 7.94. The fraction of sp³-hybridized carbons (Fsp3) is 0.524. The lowest BCUT2D eigenvalue weighted by molar-refractivity contribution is -0.132. The van der Waals surface area contributed by atoms with Crippen LogP contribution < -0.4 is 5.32 Å². The van der Waals surface area contributed by atoms with E-state index in [0.717, 1.165) is 0 Å². The summed E-state index contributed by atoms with van der Waals surface area (Å²) in [4.78, 5) is 31.8. The van der Waals surface area contributed by atoms with Crippen molar-refractivity contribution in [3.8, 4) is 0 Å². The van der Waals surface area contributed by atoms with Crippen LogP contribution in [-0.2, 0) is 20.7 Å². The quantitative estimate of drug-likeness (QED) is 0.774. The molecule has 0 aliphatic carbocycles. The molecule has 1 aromatic carbocycles. The maximum atomic E-state index is 14.0. The molecule has 160 valence electrons. The van der Waals surface area contributed by atoms with Gasteiger partial charge in [0.05, 0.1) is 12.5 Å². The molecule has 4 rings (SSSR count). The summed E-state index contributed by atoms with van der Waals surface area (Å²) in [5.74, 6) is 0.483. The monoisotopic (exact) mass is 415 g/mol. The summed E-state index contributed by atoms with van der Waals surface area (Å²) >= 11 is 0. The van der Waals surface area contributed by atoms with Crippen LogP contribution in [0.15, 0.2) is 24.3 Å². The smallest absolute Gasteiger partial charge is 0.227 e. The van der Waals surface area contributed by atoms with Crippen LogP contribution in [-0.4, -0.2) is 57.7 Å². The molecule has 9 heteroatoms. The van der Waals surface area contributed by atoms with E-state index in [1.807, 2.05) is 0 Å². The Morgan fingerprint density at radius 3 is 2.77 bits per heavy atom. The van der Waals surface area contributed by atoms with Crippen molar-refractivity contribution in [1.29, 1.82) is 0 Å². The summed E-state index contributed by atoms with van der Waals surface area (Å²) in [6, 6.07) is 5.70. The first-order chi connectivity index (χ1) is 14.5. The third-order valence-corrected chi connectivity index (χ3v) is 5.77. The predicted octanol–water partition coefficient (Wildman–Crippen LogP) is 1.68. The van der Waals surface area contributed by atoms with Crippen LogP contribution in [0.25, 0.3) is 0 Å². The highest BCUT2D eigenvalue weighted by Gasteiger charge is 2.39. The van der Waals surface area contributed by atoms with Gasteiger partial charge in [-0.25, -0.2) is 9.37 Å². The Labute approximate surface area is 174 Å². The van der Waals surface area contributed by atoms with Crippen LogP contribution in [0.1, 0.15) is 42.5 Å². The van der Waals surface area contributed by atoms with Gasteiger partial charge in [-0.15, -0.1) is 0 Å². The minimum Gasteiger partial charge on any atom is -0.381 e. The number of aromatic nitrogens is 3. The Morgan fingerprint density at radius 1 is 1.30 bits per heavy atom. The highest BCUT2D eigenvalue weighted by Crippen LogP contribution is 2.31. The zero-order chi connectivity index (χ0) is 21.1. The molecule has 2 fully saturated rings. The Bertz CT molecular complexity index is 912. The van der Waals surface area contributed by atoms with Crippen molar-refractivity contribution >= 4 is 11.8 Å². The topological polar surface area (TPSA) is 100 Å². The van der Waals surface area contributed by atoms with Gasteiger partial charge in [0.25, 0.3) is 0 Å². The van der Waals surface area contributed by atoms with E-state index in [0.29, 0.717) is 56.2 Å². The molecule has 2 atom stereocenters. The van der Waals surface area contributed by atoms with Crippen LogP contribution in [0.4, 0.5) is 4.39 Å². The van der Waals surface area contributed by atoms with Crippen LogP contribution in [0.3, 0.4) is 0 Å². The number of nitrogens with one attached hydrogen (secondary N) is 2. The van der Waals surface area contributed by atoms with Gasteiger partial charge in [0.2, 0.25) is 11.8 Å². The maximum Gasteiger partial charge on any atom is 0.227 e. The molecule has 8 nitrogen and oxygen atoms in total. The zero-order valence-electron chi connectivity index (χ0n) is 16.9. The van der Waals surface area contributed by atoms with Gasteiger partial charge in [0.15, 0.2) is 5.82 Å².